The zero-order valence-corrected chi connectivity index (χ0v) is 23.0. The highest BCUT2D eigenvalue weighted by Crippen LogP contribution is 2.13. The summed E-state index contributed by atoms with van der Waals surface area (Å²) in [5.74, 6) is -0.373. The Bertz CT molecular complexity index is 436. The van der Waals surface area contributed by atoms with E-state index >= 15 is 0 Å². The Labute approximate surface area is 212 Å². The van der Waals surface area contributed by atoms with Crippen molar-refractivity contribution in [3.63, 3.8) is 0 Å². The average Bonchev–Trinajstić information content (AvgIpc) is 2.83. The van der Waals surface area contributed by atoms with E-state index in [9.17, 15) is 9.59 Å². The fourth-order valence-electron chi connectivity index (χ4n) is 4.25. The van der Waals surface area contributed by atoms with E-state index in [0.29, 0.717) is 32.5 Å². The van der Waals surface area contributed by atoms with Gasteiger partial charge in [-0.3, -0.25) is 9.59 Å². The minimum atomic E-state index is -0.188. The van der Waals surface area contributed by atoms with Crippen LogP contribution < -0.4 is 0 Å². The lowest BCUT2D eigenvalue weighted by atomic mass is 10.0. The first-order chi connectivity index (χ1) is 16.7. The fourth-order valence-corrected chi connectivity index (χ4v) is 4.25. The number of unbranched alkanes of at least 4 members (excludes halogenated alkanes) is 19. The summed E-state index contributed by atoms with van der Waals surface area (Å²) < 4.78 is 10.6. The van der Waals surface area contributed by atoms with Crippen LogP contribution in [0.15, 0.2) is 0 Å². The lowest BCUT2D eigenvalue weighted by Crippen LogP contribution is -2.09. The SMILES string of the molecule is CCCCCCCCCCCCCCCOC(=O)CCCC(=O)OCCCCCCCCCC. The molecule has 0 amide bonds. The molecule has 4 heteroatoms. The Kier molecular flexibility index (Phi) is 27.3. The van der Waals surface area contributed by atoms with E-state index in [-0.39, 0.29) is 11.9 Å². The van der Waals surface area contributed by atoms with Crippen molar-refractivity contribution in [2.24, 2.45) is 0 Å². The summed E-state index contributed by atoms with van der Waals surface area (Å²) in [6, 6.07) is 0. The van der Waals surface area contributed by atoms with Crippen LogP contribution in [0.1, 0.15) is 168 Å². The maximum Gasteiger partial charge on any atom is 0.305 e. The summed E-state index contributed by atoms with van der Waals surface area (Å²) in [6.45, 7) is 5.53. The molecule has 0 N–H and O–H groups in total. The third-order valence-electron chi connectivity index (χ3n) is 6.53. The van der Waals surface area contributed by atoms with Crippen molar-refractivity contribution >= 4 is 11.9 Å². The van der Waals surface area contributed by atoms with Crippen molar-refractivity contribution in [2.75, 3.05) is 13.2 Å². The molecule has 0 aromatic rings. The largest absolute Gasteiger partial charge is 0.466 e. The highest BCUT2D eigenvalue weighted by molar-refractivity contribution is 5.72. The van der Waals surface area contributed by atoms with Gasteiger partial charge in [0.2, 0.25) is 0 Å². The molecule has 34 heavy (non-hydrogen) atoms. The molecule has 0 spiro atoms. The minimum Gasteiger partial charge on any atom is -0.466 e. The van der Waals surface area contributed by atoms with E-state index in [0.717, 1.165) is 25.7 Å². The van der Waals surface area contributed by atoms with Crippen LogP contribution in [-0.4, -0.2) is 25.2 Å². The van der Waals surface area contributed by atoms with Crippen LogP contribution >= 0.6 is 0 Å². The van der Waals surface area contributed by atoms with Crippen LogP contribution in [0, 0.1) is 0 Å². The smallest absolute Gasteiger partial charge is 0.305 e. The van der Waals surface area contributed by atoms with Gasteiger partial charge in [-0.15, -0.1) is 0 Å². The number of rotatable bonds is 27. The van der Waals surface area contributed by atoms with E-state index in [2.05, 4.69) is 13.8 Å². The van der Waals surface area contributed by atoms with Crippen molar-refractivity contribution in [2.45, 2.75) is 168 Å². The van der Waals surface area contributed by atoms with Gasteiger partial charge < -0.3 is 9.47 Å². The molecule has 0 aliphatic heterocycles. The maximum atomic E-state index is 11.8. The van der Waals surface area contributed by atoms with E-state index in [4.69, 9.17) is 9.47 Å². The Morgan fingerprint density at radius 1 is 0.382 bits per heavy atom. The normalized spacial score (nSPS) is 11.0. The van der Waals surface area contributed by atoms with E-state index in [1.807, 2.05) is 0 Å². The molecule has 0 unspecified atom stereocenters. The van der Waals surface area contributed by atoms with E-state index < -0.39 is 0 Å². The summed E-state index contributed by atoms with van der Waals surface area (Å²) in [6.07, 6.45) is 28.1. The third kappa shape index (κ3) is 27.2. The quantitative estimate of drug-likeness (QED) is 0.0864. The Hall–Kier alpha value is -1.06. The molecule has 0 aromatic heterocycles. The molecule has 0 rings (SSSR count). The van der Waals surface area contributed by atoms with Crippen LogP contribution in [0.4, 0.5) is 0 Å². The highest BCUT2D eigenvalue weighted by Gasteiger charge is 2.07. The van der Waals surface area contributed by atoms with E-state index in [1.54, 1.807) is 0 Å². The standard InChI is InChI=1S/C30H58O4/c1-3-5-7-9-11-13-14-15-16-17-19-21-23-28-34-30(32)26-24-25-29(31)33-27-22-20-18-12-10-8-6-4-2/h3-28H2,1-2H3. The molecule has 0 bridgehead atoms. The van der Waals surface area contributed by atoms with Crippen LogP contribution in [0.5, 0.6) is 0 Å². The average molecular weight is 483 g/mol. The summed E-state index contributed by atoms with van der Waals surface area (Å²) in [4.78, 5) is 23.5. The van der Waals surface area contributed by atoms with Gasteiger partial charge in [-0.25, -0.2) is 0 Å². The third-order valence-corrected chi connectivity index (χ3v) is 6.53. The van der Waals surface area contributed by atoms with Crippen molar-refractivity contribution in [1.82, 2.24) is 0 Å². The Morgan fingerprint density at radius 3 is 0.941 bits per heavy atom. The van der Waals surface area contributed by atoms with Crippen LogP contribution in [0.2, 0.25) is 0 Å². The second-order valence-electron chi connectivity index (χ2n) is 10.0. The summed E-state index contributed by atoms with van der Waals surface area (Å²) >= 11 is 0. The van der Waals surface area contributed by atoms with Crippen LogP contribution in [-0.2, 0) is 19.1 Å². The van der Waals surface area contributed by atoms with Crippen LogP contribution in [0.3, 0.4) is 0 Å². The molecule has 0 atom stereocenters. The molecule has 0 saturated carbocycles. The number of hydrogen-bond donors (Lipinski definition) is 0. The molecule has 4 nitrogen and oxygen atoms in total. The fraction of sp³-hybridized carbons (Fsp3) is 0.933. The summed E-state index contributed by atoms with van der Waals surface area (Å²) in [5, 5.41) is 0. The summed E-state index contributed by atoms with van der Waals surface area (Å²) in [5.41, 5.74) is 0. The number of esters is 2. The predicted octanol–water partition coefficient (Wildman–Crippen LogP) is 9.48. The zero-order chi connectivity index (χ0) is 25.0. The van der Waals surface area contributed by atoms with Crippen molar-refractivity contribution in [1.29, 1.82) is 0 Å². The number of carbonyl (C=O) groups excluding carboxylic acids is 2. The molecule has 0 saturated heterocycles. The van der Waals surface area contributed by atoms with Gasteiger partial charge in [-0.1, -0.05) is 136 Å². The summed E-state index contributed by atoms with van der Waals surface area (Å²) in [7, 11) is 0. The predicted molar refractivity (Wildman–Crippen MR) is 144 cm³/mol. The van der Waals surface area contributed by atoms with E-state index in [1.165, 1.54) is 109 Å². The number of hydrogen-bond acceptors (Lipinski definition) is 4. The van der Waals surface area contributed by atoms with Gasteiger partial charge in [-0.2, -0.15) is 0 Å². The second-order valence-corrected chi connectivity index (χ2v) is 10.0. The minimum absolute atomic E-state index is 0.185. The van der Waals surface area contributed by atoms with Crippen LogP contribution in [0.25, 0.3) is 0 Å². The second kappa shape index (κ2) is 28.2. The number of carbonyl (C=O) groups is 2. The van der Waals surface area contributed by atoms with Gasteiger partial charge in [0.25, 0.3) is 0 Å². The van der Waals surface area contributed by atoms with Gasteiger partial charge in [0.05, 0.1) is 13.2 Å². The Morgan fingerprint density at radius 2 is 0.647 bits per heavy atom. The van der Waals surface area contributed by atoms with Crippen molar-refractivity contribution in [3.05, 3.63) is 0 Å². The Balaban J connectivity index is 3.27. The lowest BCUT2D eigenvalue weighted by molar-refractivity contribution is -0.145. The first-order valence-corrected chi connectivity index (χ1v) is 15.0. The van der Waals surface area contributed by atoms with Gasteiger partial charge in [-0.05, 0) is 19.3 Å². The lowest BCUT2D eigenvalue weighted by Gasteiger charge is -2.06. The van der Waals surface area contributed by atoms with Gasteiger partial charge in [0.15, 0.2) is 0 Å². The van der Waals surface area contributed by atoms with Gasteiger partial charge in [0.1, 0.15) is 0 Å². The molecular weight excluding hydrogens is 424 g/mol. The molecular formula is C30H58O4. The monoisotopic (exact) mass is 482 g/mol. The van der Waals surface area contributed by atoms with Crippen molar-refractivity contribution < 1.29 is 19.1 Å². The first kappa shape index (κ1) is 32.9. The molecule has 0 heterocycles. The van der Waals surface area contributed by atoms with Crippen molar-refractivity contribution in [3.8, 4) is 0 Å². The zero-order valence-electron chi connectivity index (χ0n) is 23.0. The molecule has 202 valence electrons. The molecule has 0 aromatic carbocycles. The maximum absolute atomic E-state index is 11.8. The molecule has 0 aliphatic rings. The molecule has 0 aliphatic carbocycles. The topological polar surface area (TPSA) is 52.6 Å². The number of ether oxygens (including phenoxy) is 2. The van der Waals surface area contributed by atoms with Gasteiger partial charge >= 0.3 is 11.9 Å². The molecule has 0 fully saturated rings. The molecule has 0 radical (unpaired) electrons. The van der Waals surface area contributed by atoms with Gasteiger partial charge in [0, 0.05) is 12.8 Å². The first-order valence-electron chi connectivity index (χ1n) is 15.0. The highest BCUT2D eigenvalue weighted by atomic mass is 16.5.